The maximum absolute atomic E-state index is 13.3. The molecule has 0 saturated carbocycles. The first kappa shape index (κ1) is 29.8. The molecule has 0 spiro atoms. The molecule has 0 bridgehead atoms. The number of aromatic amines is 1. The molecule has 4 rings (SSSR count). The summed E-state index contributed by atoms with van der Waals surface area (Å²) in [5.74, 6) is -2.12. The average Bonchev–Trinajstić information content (AvgIpc) is 3.39. The van der Waals surface area contributed by atoms with Crippen LogP contribution in [0.3, 0.4) is 0 Å². The molecule has 2 atom stereocenters. The van der Waals surface area contributed by atoms with Crippen molar-refractivity contribution in [2.75, 3.05) is 33.3 Å². The number of methoxy groups -OCH3 is 1. The smallest absolute Gasteiger partial charge is 0.391 e. The molecule has 11 heteroatoms. The number of piperazine rings is 1. The molecular weight excluding hydrogens is 533 g/mol. The van der Waals surface area contributed by atoms with E-state index in [9.17, 15) is 31.9 Å². The van der Waals surface area contributed by atoms with Crippen molar-refractivity contribution < 1.29 is 36.6 Å². The highest BCUT2D eigenvalue weighted by atomic mass is 19.4. The number of rotatable bonds is 10. The molecule has 2 N–H and O–H groups in total. The van der Waals surface area contributed by atoms with Crippen LogP contribution >= 0.6 is 0 Å². The van der Waals surface area contributed by atoms with Gasteiger partial charge in [-0.15, -0.1) is 0 Å². The quantitative estimate of drug-likeness (QED) is 0.276. The van der Waals surface area contributed by atoms with Crippen LogP contribution < -0.4 is 4.74 Å². The number of benzene rings is 2. The van der Waals surface area contributed by atoms with Crippen molar-refractivity contribution in [2.24, 2.45) is 5.92 Å². The summed E-state index contributed by atoms with van der Waals surface area (Å²) in [4.78, 5) is 18.9. The summed E-state index contributed by atoms with van der Waals surface area (Å²) in [5.41, 5.74) is 3.83. The Bertz CT molecular complexity index is 1340. The first-order valence-corrected chi connectivity index (χ1v) is 13.2. The Morgan fingerprint density at radius 1 is 1.20 bits per heavy atom. The lowest BCUT2D eigenvalue weighted by Crippen LogP contribution is -2.49. The number of nitrogens with zero attached hydrogens (tertiary/aromatic N) is 2. The van der Waals surface area contributed by atoms with Crippen molar-refractivity contribution >= 4 is 16.9 Å². The fraction of sp³-hybridized carbons (Fsp3) is 0.483. The third-order valence-corrected chi connectivity index (χ3v) is 7.81. The first-order valence-electron chi connectivity index (χ1n) is 13.2. The van der Waals surface area contributed by atoms with Crippen LogP contribution in [0.15, 0.2) is 36.5 Å². The number of aromatic nitrogens is 1. The van der Waals surface area contributed by atoms with Gasteiger partial charge in [0.1, 0.15) is 5.75 Å². The summed E-state index contributed by atoms with van der Waals surface area (Å²) in [6.45, 7) is 4.22. The Kier molecular flexibility index (Phi) is 9.04. The lowest BCUT2D eigenvalue weighted by atomic mass is 9.92. The van der Waals surface area contributed by atoms with Crippen LogP contribution in [-0.4, -0.2) is 71.8 Å². The van der Waals surface area contributed by atoms with Gasteiger partial charge >= 0.3 is 12.1 Å². The molecule has 1 fully saturated rings. The summed E-state index contributed by atoms with van der Waals surface area (Å²) in [7, 11) is 1.59. The second-order valence-corrected chi connectivity index (χ2v) is 10.5. The maximum Gasteiger partial charge on any atom is 0.391 e. The zero-order valence-corrected chi connectivity index (χ0v) is 22.7. The Morgan fingerprint density at radius 3 is 2.60 bits per heavy atom. The fourth-order valence-corrected chi connectivity index (χ4v) is 5.50. The molecule has 2 aromatic carbocycles. The monoisotopic (exact) mass is 567 g/mol. The Hall–Kier alpha value is -3.18. The van der Waals surface area contributed by atoms with E-state index in [1.54, 1.807) is 24.1 Å². The topological polar surface area (TPSA) is 68.8 Å². The van der Waals surface area contributed by atoms with E-state index in [-0.39, 0.29) is 24.9 Å². The highest BCUT2D eigenvalue weighted by Crippen LogP contribution is 2.36. The third kappa shape index (κ3) is 6.58. The van der Waals surface area contributed by atoms with Crippen LogP contribution in [0.4, 0.5) is 22.0 Å². The molecule has 1 aliphatic heterocycles. The highest BCUT2D eigenvalue weighted by molar-refractivity contribution is 5.89. The number of carboxylic acid groups (broad SMARTS) is 1. The maximum atomic E-state index is 13.3. The van der Waals surface area contributed by atoms with E-state index in [0.717, 1.165) is 29.0 Å². The minimum Gasteiger partial charge on any atom is -0.496 e. The predicted octanol–water partition coefficient (Wildman–Crippen LogP) is 6.44. The van der Waals surface area contributed by atoms with Crippen LogP contribution in [0.25, 0.3) is 10.9 Å². The molecule has 1 saturated heterocycles. The number of aromatic carboxylic acids is 1. The molecule has 40 heavy (non-hydrogen) atoms. The Morgan fingerprint density at radius 2 is 1.95 bits per heavy atom. The molecule has 218 valence electrons. The number of halogens is 5. The van der Waals surface area contributed by atoms with Gasteiger partial charge in [0.2, 0.25) is 0 Å². The summed E-state index contributed by atoms with van der Waals surface area (Å²) >= 11 is 0. The van der Waals surface area contributed by atoms with Crippen molar-refractivity contribution in [3.63, 3.8) is 0 Å². The molecule has 1 unspecified atom stereocenters. The number of hydrogen-bond acceptors (Lipinski definition) is 4. The number of fused-ring (bicyclic) bond motifs is 1. The largest absolute Gasteiger partial charge is 0.496 e. The van der Waals surface area contributed by atoms with Gasteiger partial charge in [-0.05, 0) is 54.7 Å². The van der Waals surface area contributed by atoms with E-state index in [1.165, 1.54) is 6.07 Å². The van der Waals surface area contributed by atoms with Crippen LogP contribution in [-0.2, 0) is 13.0 Å². The normalized spacial score (nSPS) is 18.0. The molecule has 0 radical (unpaired) electrons. The van der Waals surface area contributed by atoms with Crippen molar-refractivity contribution in [3.05, 3.63) is 64.3 Å². The van der Waals surface area contributed by atoms with Crippen molar-refractivity contribution in [3.8, 4) is 5.75 Å². The SMILES string of the molecule is COc1cc(C)c2[nH]ccc2c1CN1CCN(CC(F)F)CC1c1ccc(C(=O)O)c(CC[C@H](C)C(F)(F)F)c1. The van der Waals surface area contributed by atoms with Crippen LogP contribution in [0.5, 0.6) is 5.75 Å². The zero-order valence-electron chi connectivity index (χ0n) is 22.7. The molecule has 0 aliphatic carbocycles. The van der Waals surface area contributed by atoms with E-state index in [4.69, 9.17) is 4.74 Å². The zero-order chi connectivity index (χ0) is 29.2. The number of nitrogens with one attached hydrogen (secondary N) is 1. The summed E-state index contributed by atoms with van der Waals surface area (Å²) in [6.07, 6.45) is -5.38. The third-order valence-electron chi connectivity index (χ3n) is 7.81. The van der Waals surface area contributed by atoms with Crippen molar-refractivity contribution in [2.45, 2.75) is 51.9 Å². The van der Waals surface area contributed by atoms with E-state index >= 15 is 0 Å². The predicted molar refractivity (Wildman–Crippen MR) is 142 cm³/mol. The van der Waals surface area contributed by atoms with Crippen LogP contribution in [0.2, 0.25) is 0 Å². The average molecular weight is 568 g/mol. The van der Waals surface area contributed by atoms with Gasteiger partial charge in [-0.2, -0.15) is 13.2 Å². The lowest BCUT2D eigenvalue weighted by Gasteiger charge is -2.42. The first-order chi connectivity index (χ1) is 18.9. The van der Waals surface area contributed by atoms with E-state index < -0.39 is 37.1 Å². The van der Waals surface area contributed by atoms with Gasteiger partial charge in [-0.1, -0.05) is 19.1 Å². The minimum absolute atomic E-state index is 0.0563. The van der Waals surface area contributed by atoms with Crippen LogP contribution in [0.1, 0.15) is 52.0 Å². The van der Waals surface area contributed by atoms with E-state index in [1.807, 2.05) is 25.3 Å². The fourth-order valence-electron chi connectivity index (χ4n) is 5.50. The summed E-state index contributed by atoms with van der Waals surface area (Å²) in [6, 6.07) is 8.19. The second-order valence-electron chi connectivity index (χ2n) is 10.5. The Balaban J connectivity index is 1.71. The number of ether oxygens (including phenoxy) is 1. The molecular formula is C29H34F5N3O3. The molecule has 0 amide bonds. The number of alkyl halides is 5. The molecule has 1 aromatic heterocycles. The summed E-state index contributed by atoms with van der Waals surface area (Å²) < 4.78 is 71.8. The number of H-pyrrole nitrogens is 1. The molecule has 3 aromatic rings. The van der Waals surface area contributed by atoms with Crippen molar-refractivity contribution in [1.29, 1.82) is 0 Å². The Labute approximate surface area is 229 Å². The van der Waals surface area contributed by atoms with E-state index in [2.05, 4.69) is 9.88 Å². The van der Waals surface area contributed by atoms with Gasteiger partial charge in [0.15, 0.2) is 0 Å². The molecule has 1 aliphatic rings. The lowest BCUT2D eigenvalue weighted by molar-refractivity contribution is -0.170. The van der Waals surface area contributed by atoms with E-state index in [0.29, 0.717) is 36.5 Å². The van der Waals surface area contributed by atoms with Gasteiger partial charge < -0.3 is 14.8 Å². The highest BCUT2D eigenvalue weighted by Gasteiger charge is 2.36. The number of carboxylic acids is 1. The van der Waals surface area contributed by atoms with Gasteiger partial charge in [0.25, 0.3) is 6.43 Å². The van der Waals surface area contributed by atoms with Crippen LogP contribution in [0, 0.1) is 12.8 Å². The number of aryl methyl sites for hydroxylation is 2. The van der Waals surface area contributed by atoms with Gasteiger partial charge in [-0.25, -0.2) is 13.6 Å². The second kappa shape index (κ2) is 12.1. The van der Waals surface area contributed by atoms with Gasteiger partial charge in [0, 0.05) is 54.9 Å². The van der Waals surface area contributed by atoms with Crippen molar-refractivity contribution in [1.82, 2.24) is 14.8 Å². The molecule has 2 heterocycles. The minimum atomic E-state index is -4.38. The number of carbonyl (C=O) groups is 1. The summed E-state index contributed by atoms with van der Waals surface area (Å²) in [5, 5.41) is 10.7. The number of hydrogen-bond donors (Lipinski definition) is 2. The standard InChI is InChI=1S/C29H34F5N3O3/c1-17-12-25(40-3)23(22-8-9-35-27(17)22)14-37-11-10-36(16-26(30)31)15-24(37)20-6-7-21(28(38)39)19(13-20)5-4-18(2)29(32,33)34/h6-9,12-13,18,24,26,35H,4-5,10-11,14-16H2,1-3H3,(H,38,39)/t18-,24?/m0/s1. The van der Waals surface area contributed by atoms with Gasteiger partial charge in [-0.3, -0.25) is 9.80 Å². The molecule has 6 nitrogen and oxygen atoms in total. The van der Waals surface area contributed by atoms with Gasteiger partial charge in [0.05, 0.1) is 25.1 Å².